The maximum absolute atomic E-state index is 12.9. The molecule has 0 saturated heterocycles. The molecule has 1 aromatic rings. The molecule has 0 heterocycles. The van der Waals surface area contributed by atoms with E-state index in [2.05, 4.69) is 6.92 Å². The summed E-state index contributed by atoms with van der Waals surface area (Å²) in [5.41, 5.74) is 0.740. The number of hydrogen-bond acceptors (Lipinski definition) is 1. The molecule has 0 bridgehead atoms. The van der Waals surface area contributed by atoms with E-state index in [4.69, 9.17) is 16.3 Å². The van der Waals surface area contributed by atoms with E-state index < -0.39 is 0 Å². The molecule has 1 nitrogen and oxygen atoms in total. The highest BCUT2D eigenvalue weighted by Gasteiger charge is 2.10. The van der Waals surface area contributed by atoms with E-state index in [0.29, 0.717) is 11.6 Å². The molecule has 0 fully saturated rings. The molecule has 3 heteroatoms. The van der Waals surface area contributed by atoms with E-state index in [1.165, 1.54) is 12.1 Å². The summed E-state index contributed by atoms with van der Waals surface area (Å²) in [6.45, 7) is 4.51. The minimum atomic E-state index is -0.282. The summed E-state index contributed by atoms with van der Waals surface area (Å²) in [4.78, 5) is 0. The fourth-order valence-electron chi connectivity index (χ4n) is 1.24. The second-order valence-electron chi connectivity index (χ2n) is 3.14. The van der Waals surface area contributed by atoms with Crippen molar-refractivity contribution in [2.24, 2.45) is 0 Å². The molecule has 0 amide bonds. The summed E-state index contributed by atoms with van der Waals surface area (Å²) in [6.07, 6.45) is 0.736. The molecule has 1 aromatic carbocycles. The Bertz CT molecular complexity index is 301. The zero-order chi connectivity index (χ0) is 10.6. The van der Waals surface area contributed by atoms with Gasteiger partial charge >= 0.3 is 0 Å². The van der Waals surface area contributed by atoms with E-state index in [0.717, 1.165) is 12.0 Å². The summed E-state index contributed by atoms with van der Waals surface area (Å²) < 4.78 is 17.8. The molecule has 0 N–H and O–H groups in total. The Hall–Kier alpha value is -0.600. The van der Waals surface area contributed by atoms with Crippen LogP contribution in [0.3, 0.4) is 0 Å². The Morgan fingerprint density at radius 3 is 2.93 bits per heavy atom. The molecule has 0 spiro atoms. The monoisotopic (exact) mass is 215 g/mol. The van der Waals surface area contributed by atoms with Gasteiger partial charge in [0.25, 0.3) is 0 Å². The van der Waals surface area contributed by atoms with E-state index in [9.17, 15) is 4.39 Å². The molecule has 0 aromatic heterocycles. The summed E-state index contributed by atoms with van der Waals surface area (Å²) in [5.74, 6) is -0.311. The van der Waals surface area contributed by atoms with Crippen molar-refractivity contribution in [3.8, 4) is 0 Å². The van der Waals surface area contributed by atoms with Gasteiger partial charge in [-0.25, -0.2) is 4.39 Å². The van der Waals surface area contributed by atoms with Gasteiger partial charge in [-0.3, -0.25) is 0 Å². The normalized spacial score (nSPS) is 12.9. The van der Waals surface area contributed by atoms with E-state index >= 15 is 0 Å². The quantitative estimate of drug-likeness (QED) is 0.748. The molecule has 0 aliphatic carbocycles. The van der Waals surface area contributed by atoms with Crippen molar-refractivity contribution in [3.05, 3.63) is 41.5 Å². The van der Waals surface area contributed by atoms with E-state index in [1.807, 2.05) is 0 Å². The van der Waals surface area contributed by atoms with Gasteiger partial charge in [0.1, 0.15) is 5.82 Å². The van der Waals surface area contributed by atoms with Gasteiger partial charge in [0.2, 0.25) is 0 Å². The van der Waals surface area contributed by atoms with Gasteiger partial charge in [-0.1, -0.05) is 11.6 Å². The average Bonchev–Trinajstić information content (AvgIpc) is 2.18. The highest BCUT2D eigenvalue weighted by Crippen LogP contribution is 2.27. The molecule has 1 radical (unpaired) electrons. The third-order valence-corrected chi connectivity index (χ3v) is 2.41. The number of benzene rings is 1. The molecule has 14 heavy (non-hydrogen) atoms. The van der Waals surface area contributed by atoms with Crippen LogP contribution in [-0.4, -0.2) is 13.7 Å². The second-order valence-corrected chi connectivity index (χ2v) is 3.55. The first kappa shape index (κ1) is 11.5. The van der Waals surface area contributed by atoms with Crippen molar-refractivity contribution in [1.82, 2.24) is 0 Å². The van der Waals surface area contributed by atoms with Gasteiger partial charge in [0, 0.05) is 18.7 Å². The Morgan fingerprint density at radius 1 is 1.57 bits per heavy atom. The number of hydrogen-bond donors (Lipinski definition) is 0. The lowest BCUT2D eigenvalue weighted by Crippen LogP contribution is -2.00. The Morgan fingerprint density at radius 2 is 2.29 bits per heavy atom. The van der Waals surface area contributed by atoms with Crippen molar-refractivity contribution in [2.45, 2.75) is 12.3 Å². The summed E-state index contributed by atoms with van der Waals surface area (Å²) in [7, 11) is 1.62. The Balaban J connectivity index is 2.77. The molecular weight excluding hydrogens is 203 g/mol. The molecule has 77 valence electrons. The van der Waals surface area contributed by atoms with Crippen LogP contribution >= 0.6 is 11.6 Å². The van der Waals surface area contributed by atoms with Crippen LogP contribution in [0.1, 0.15) is 17.9 Å². The maximum Gasteiger partial charge on any atom is 0.123 e. The van der Waals surface area contributed by atoms with Crippen molar-refractivity contribution in [1.29, 1.82) is 0 Å². The second kappa shape index (κ2) is 5.32. The molecule has 0 saturated carbocycles. The zero-order valence-electron chi connectivity index (χ0n) is 8.09. The van der Waals surface area contributed by atoms with Crippen LogP contribution in [0, 0.1) is 12.7 Å². The van der Waals surface area contributed by atoms with Crippen molar-refractivity contribution < 1.29 is 9.13 Å². The first-order chi connectivity index (χ1) is 6.65. The van der Waals surface area contributed by atoms with Crippen LogP contribution < -0.4 is 0 Å². The first-order valence-corrected chi connectivity index (χ1v) is 4.80. The molecule has 1 unspecified atom stereocenters. The topological polar surface area (TPSA) is 9.23 Å². The summed E-state index contributed by atoms with van der Waals surface area (Å²) in [5, 5.41) is 0.558. The van der Waals surface area contributed by atoms with Crippen LogP contribution in [0.4, 0.5) is 4.39 Å². The summed E-state index contributed by atoms with van der Waals surface area (Å²) >= 11 is 5.92. The van der Waals surface area contributed by atoms with Gasteiger partial charge in [0.15, 0.2) is 0 Å². The van der Waals surface area contributed by atoms with Gasteiger partial charge in [0.05, 0.1) is 0 Å². The van der Waals surface area contributed by atoms with E-state index in [1.54, 1.807) is 13.2 Å². The predicted octanol–water partition coefficient (Wildman–Crippen LogP) is 3.43. The standard InChI is InChI=1S/C11H13ClFO/c1-8(5-6-14-2)10-7-9(13)3-4-11(10)12/h3-4,7-8H,1,5-6H2,2H3. The van der Waals surface area contributed by atoms with Crippen LogP contribution in [0.5, 0.6) is 0 Å². The fraction of sp³-hybridized carbons (Fsp3) is 0.364. The largest absolute Gasteiger partial charge is 0.385 e. The third-order valence-electron chi connectivity index (χ3n) is 2.07. The Labute approximate surface area is 88.8 Å². The van der Waals surface area contributed by atoms with E-state index in [-0.39, 0.29) is 11.7 Å². The van der Waals surface area contributed by atoms with Gasteiger partial charge in [-0.15, -0.1) is 0 Å². The minimum Gasteiger partial charge on any atom is -0.385 e. The number of ether oxygens (including phenoxy) is 1. The number of rotatable bonds is 4. The van der Waals surface area contributed by atoms with Crippen molar-refractivity contribution >= 4 is 11.6 Å². The lowest BCUT2D eigenvalue weighted by Gasteiger charge is -2.12. The van der Waals surface area contributed by atoms with Gasteiger partial charge < -0.3 is 4.74 Å². The lowest BCUT2D eigenvalue weighted by molar-refractivity contribution is 0.191. The smallest absolute Gasteiger partial charge is 0.123 e. The molecule has 1 atom stereocenters. The Kier molecular flexibility index (Phi) is 4.36. The van der Waals surface area contributed by atoms with Crippen LogP contribution in [0.15, 0.2) is 18.2 Å². The van der Waals surface area contributed by atoms with Crippen LogP contribution in [0.25, 0.3) is 0 Å². The molecular formula is C11H13ClFO. The van der Waals surface area contributed by atoms with Gasteiger partial charge in [-0.05, 0) is 43.0 Å². The SMILES string of the molecule is [CH2]C(CCOC)c1cc(F)ccc1Cl. The first-order valence-electron chi connectivity index (χ1n) is 4.42. The predicted molar refractivity (Wildman–Crippen MR) is 56.0 cm³/mol. The highest BCUT2D eigenvalue weighted by atomic mass is 35.5. The van der Waals surface area contributed by atoms with Crippen molar-refractivity contribution in [3.63, 3.8) is 0 Å². The lowest BCUT2D eigenvalue weighted by atomic mass is 9.98. The molecule has 0 aliphatic rings. The average molecular weight is 216 g/mol. The van der Waals surface area contributed by atoms with Crippen LogP contribution in [0.2, 0.25) is 5.02 Å². The third kappa shape index (κ3) is 2.96. The maximum atomic E-state index is 12.9. The van der Waals surface area contributed by atoms with Gasteiger partial charge in [-0.2, -0.15) is 0 Å². The minimum absolute atomic E-state index is 0.0295. The summed E-state index contributed by atoms with van der Waals surface area (Å²) in [6, 6.07) is 4.32. The highest BCUT2D eigenvalue weighted by molar-refractivity contribution is 6.31. The molecule has 1 rings (SSSR count). The zero-order valence-corrected chi connectivity index (χ0v) is 8.85. The number of methoxy groups -OCH3 is 1. The fourth-order valence-corrected chi connectivity index (χ4v) is 1.51. The molecule has 0 aliphatic heterocycles. The van der Waals surface area contributed by atoms with Crippen molar-refractivity contribution in [2.75, 3.05) is 13.7 Å². The van der Waals surface area contributed by atoms with Crippen LogP contribution in [-0.2, 0) is 4.74 Å². The number of halogens is 2.